The van der Waals surface area contributed by atoms with Crippen LogP contribution in [0.25, 0.3) is 0 Å². The second kappa shape index (κ2) is 9.07. The fourth-order valence-corrected chi connectivity index (χ4v) is 4.78. The first-order valence-electron chi connectivity index (χ1n) is 9.80. The molecular weight excluding hydrogens is 376 g/mol. The van der Waals surface area contributed by atoms with E-state index in [0.717, 1.165) is 37.1 Å². The minimum Gasteiger partial charge on any atom is -0.493 e. The van der Waals surface area contributed by atoms with Crippen LogP contribution in [0.15, 0.2) is 18.2 Å². The van der Waals surface area contributed by atoms with E-state index in [9.17, 15) is 9.59 Å². The number of nitrogens with zero attached hydrogens (tertiary/aromatic N) is 2. The second-order valence-corrected chi connectivity index (χ2v) is 8.56. The fraction of sp³-hybridized carbons (Fsp3) is 0.619. The second-order valence-electron chi connectivity index (χ2n) is 7.57. The molecule has 2 amide bonds. The Morgan fingerprint density at radius 3 is 2.75 bits per heavy atom. The van der Waals surface area contributed by atoms with Crippen LogP contribution in [0.2, 0.25) is 0 Å². The fourth-order valence-electron chi connectivity index (χ4n) is 4.40. The molecule has 2 aliphatic rings. The van der Waals surface area contributed by atoms with Crippen LogP contribution in [0.4, 0.5) is 0 Å². The standard InChI is InChI=1S/C21H30N2O4S/c1-26-17-7-4-6-16(19(17)27-2)14-22-11-5-9-21(20(22)25)10-12-23(15-21)18(24)8-13-28-3/h4,6-7H,5,8-15H2,1-3H3/t21-/m1/s1. The Morgan fingerprint density at radius 1 is 1.21 bits per heavy atom. The highest BCUT2D eigenvalue weighted by molar-refractivity contribution is 7.98. The van der Waals surface area contributed by atoms with Crippen molar-refractivity contribution in [1.29, 1.82) is 0 Å². The van der Waals surface area contributed by atoms with Crippen LogP contribution in [0.1, 0.15) is 31.2 Å². The Hall–Kier alpha value is -1.89. The molecule has 2 aliphatic heterocycles. The lowest BCUT2D eigenvalue weighted by molar-refractivity contribution is -0.146. The molecule has 1 spiro atoms. The summed E-state index contributed by atoms with van der Waals surface area (Å²) in [5.74, 6) is 2.52. The van der Waals surface area contributed by atoms with Gasteiger partial charge in [-0.2, -0.15) is 11.8 Å². The Bertz CT molecular complexity index is 726. The summed E-state index contributed by atoms with van der Waals surface area (Å²) in [6.07, 6.45) is 5.15. The van der Waals surface area contributed by atoms with Crippen molar-refractivity contribution in [3.05, 3.63) is 23.8 Å². The van der Waals surface area contributed by atoms with Crippen LogP contribution in [0.5, 0.6) is 11.5 Å². The van der Waals surface area contributed by atoms with Crippen LogP contribution in [0.3, 0.4) is 0 Å². The number of hydrogen-bond acceptors (Lipinski definition) is 5. The first kappa shape index (κ1) is 20.8. The Labute approximate surface area is 171 Å². The summed E-state index contributed by atoms with van der Waals surface area (Å²) in [6, 6.07) is 5.75. The predicted molar refractivity (Wildman–Crippen MR) is 111 cm³/mol. The number of likely N-dealkylation sites (tertiary alicyclic amines) is 2. The molecule has 0 unspecified atom stereocenters. The number of rotatable bonds is 7. The average molecular weight is 407 g/mol. The van der Waals surface area contributed by atoms with E-state index >= 15 is 0 Å². The van der Waals surface area contributed by atoms with Gasteiger partial charge in [-0.1, -0.05) is 12.1 Å². The zero-order valence-electron chi connectivity index (χ0n) is 17.0. The highest BCUT2D eigenvalue weighted by Crippen LogP contribution is 2.41. The van der Waals surface area contributed by atoms with Gasteiger partial charge in [-0.25, -0.2) is 0 Å². The molecule has 0 aliphatic carbocycles. The van der Waals surface area contributed by atoms with Crippen molar-refractivity contribution < 1.29 is 19.1 Å². The largest absolute Gasteiger partial charge is 0.493 e. The molecule has 28 heavy (non-hydrogen) atoms. The molecule has 154 valence electrons. The van der Waals surface area contributed by atoms with E-state index in [-0.39, 0.29) is 11.8 Å². The molecule has 0 saturated carbocycles. The SMILES string of the molecule is COc1cccc(CN2CCC[C@]3(CCN(C(=O)CCSC)C3)C2=O)c1OC. The van der Waals surface area contributed by atoms with Gasteiger partial charge in [-0.3, -0.25) is 9.59 Å². The molecule has 2 fully saturated rings. The first-order valence-corrected chi connectivity index (χ1v) is 11.2. The quantitative estimate of drug-likeness (QED) is 0.697. The van der Waals surface area contributed by atoms with Gasteiger partial charge < -0.3 is 19.3 Å². The molecule has 0 N–H and O–H groups in total. The van der Waals surface area contributed by atoms with E-state index in [0.29, 0.717) is 37.6 Å². The highest BCUT2D eigenvalue weighted by atomic mass is 32.2. The number of ether oxygens (including phenoxy) is 2. The van der Waals surface area contributed by atoms with Crippen LogP contribution < -0.4 is 9.47 Å². The zero-order chi connectivity index (χ0) is 20.1. The van der Waals surface area contributed by atoms with E-state index in [4.69, 9.17) is 9.47 Å². The van der Waals surface area contributed by atoms with E-state index in [2.05, 4.69) is 0 Å². The number of para-hydroxylation sites is 1. The monoisotopic (exact) mass is 406 g/mol. The van der Waals surface area contributed by atoms with E-state index < -0.39 is 5.41 Å². The summed E-state index contributed by atoms with van der Waals surface area (Å²) >= 11 is 1.68. The van der Waals surface area contributed by atoms with Crippen molar-refractivity contribution in [3.63, 3.8) is 0 Å². The van der Waals surface area contributed by atoms with Gasteiger partial charge in [-0.15, -0.1) is 0 Å². The maximum atomic E-state index is 13.4. The van der Waals surface area contributed by atoms with Gasteiger partial charge in [-0.05, 0) is 31.6 Å². The third-order valence-electron chi connectivity index (χ3n) is 5.90. The summed E-state index contributed by atoms with van der Waals surface area (Å²) in [4.78, 5) is 29.6. The minimum absolute atomic E-state index is 0.170. The molecule has 1 aromatic carbocycles. The molecule has 6 nitrogen and oxygen atoms in total. The average Bonchev–Trinajstić information content (AvgIpc) is 3.14. The predicted octanol–water partition coefficient (Wildman–Crippen LogP) is 2.80. The number of amides is 2. The molecule has 2 saturated heterocycles. The molecule has 0 radical (unpaired) electrons. The topological polar surface area (TPSA) is 59.1 Å². The first-order chi connectivity index (χ1) is 13.5. The molecular formula is C21H30N2O4S. The zero-order valence-corrected chi connectivity index (χ0v) is 17.8. The van der Waals surface area contributed by atoms with Crippen molar-refractivity contribution in [1.82, 2.24) is 9.80 Å². The molecule has 0 aromatic heterocycles. The van der Waals surface area contributed by atoms with E-state index in [1.807, 2.05) is 34.3 Å². The molecule has 3 rings (SSSR count). The van der Waals surface area contributed by atoms with Gasteiger partial charge in [0.25, 0.3) is 0 Å². The van der Waals surface area contributed by atoms with Crippen molar-refractivity contribution in [2.24, 2.45) is 5.41 Å². The number of carbonyl (C=O) groups excluding carboxylic acids is 2. The maximum Gasteiger partial charge on any atom is 0.230 e. The molecule has 1 atom stereocenters. The van der Waals surface area contributed by atoms with E-state index in [1.54, 1.807) is 26.0 Å². The summed E-state index contributed by atoms with van der Waals surface area (Å²) < 4.78 is 10.9. The van der Waals surface area contributed by atoms with Crippen molar-refractivity contribution >= 4 is 23.6 Å². The molecule has 0 bridgehead atoms. The summed E-state index contributed by atoms with van der Waals surface area (Å²) in [6.45, 7) is 2.49. The lowest BCUT2D eigenvalue weighted by atomic mass is 9.78. The molecule has 2 heterocycles. The Balaban J connectivity index is 1.73. The van der Waals surface area contributed by atoms with Gasteiger partial charge >= 0.3 is 0 Å². The van der Waals surface area contributed by atoms with Crippen LogP contribution >= 0.6 is 11.8 Å². The smallest absolute Gasteiger partial charge is 0.230 e. The summed E-state index contributed by atoms with van der Waals surface area (Å²) in [5.41, 5.74) is 0.525. The molecule has 1 aromatic rings. The minimum atomic E-state index is -0.417. The number of thioether (sulfide) groups is 1. The third kappa shape index (κ3) is 4.09. The number of benzene rings is 1. The Morgan fingerprint density at radius 2 is 2.04 bits per heavy atom. The van der Waals surface area contributed by atoms with Gasteiger partial charge in [0.1, 0.15) is 0 Å². The number of carbonyl (C=O) groups is 2. The van der Waals surface area contributed by atoms with Crippen molar-refractivity contribution in [2.75, 3.05) is 45.9 Å². The number of methoxy groups -OCH3 is 2. The third-order valence-corrected chi connectivity index (χ3v) is 6.51. The van der Waals surface area contributed by atoms with Gasteiger partial charge in [0, 0.05) is 43.9 Å². The Kier molecular flexibility index (Phi) is 6.75. The van der Waals surface area contributed by atoms with Gasteiger partial charge in [0.05, 0.1) is 19.6 Å². The van der Waals surface area contributed by atoms with Crippen molar-refractivity contribution in [2.45, 2.75) is 32.2 Å². The maximum absolute atomic E-state index is 13.4. The van der Waals surface area contributed by atoms with E-state index in [1.165, 1.54) is 0 Å². The van der Waals surface area contributed by atoms with Crippen LogP contribution in [-0.4, -0.2) is 67.5 Å². The van der Waals surface area contributed by atoms with Crippen LogP contribution in [0, 0.1) is 5.41 Å². The lowest BCUT2D eigenvalue weighted by Crippen LogP contribution is -2.50. The number of piperidine rings is 1. The molecule has 7 heteroatoms. The number of hydrogen-bond donors (Lipinski definition) is 0. The van der Waals surface area contributed by atoms with Gasteiger partial charge in [0.15, 0.2) is 11.5 Å². The lowest BCUT2D eigenvalue weighted by Gasteiger charge is -2.39. The highest BCUT2D eigenvalue weighted by Gasteiger charge is 2.49. The van der Waals surface area contributed by atoms with Gasteiger partial charge in [0.2, 0.25) is 11.8 Å². The van der Waals surface area contributed by atoms with Crippen molar-refractivity contribution in [3.8, 4) is 11.5 Å². The van der Waals surface area contributed by atoms with Crippen LogP contribution in [-0.2, 0) is 16.1 Å². The summed E-state index contributed by atoms with van der Waals surface area (Å²) in [5, 5.41) is 0. The normalized spacial score (nSPS) is 22.0. The summed E-state index contributed by atoms with van der Waals surface area (Å²) in [7, 11) is 3.24.